The molecule has 2 heterocycles. The highest BCUT2D eigenvalue weighted by Gasteiger charge is 2.26. The number of halogens is 2. The maximum absolute atomic E-state index is 13.9. The molecule has 0 spiro atoms. The minimum Gasteiger partial charge on any atom is -0.368 e. The first-order chi connectivity index (χ1) is 14.5. The Morgan fingerprint density at radius 3 is 2.33 bits per heavy atom. The number of hydrogen-bond acceptors (Lipinski definition) is 3. The molecule has 0 aliphatic carbocycles. The molecule has 0 radical (unpaired) electrons. The molecule has 2 aliphatic heterocycles. The molecule has 3 amide bonds. The molecule has 2 saturated heterocycles. The van der Waals surface area contributed by atoms with Gasteiger partial charge in [-0.2, -0.15) is 0 Å². The molecule has 6 nitrogen and oxygen atoms in total. The van der Waals surface area contributed by atoms with E-state index < -0.39 is 5.82 Å². The number of benzene rings is 2. The Kier molecular flexibility index (Phi) is 6.08. The molecular formula is C22H24ClFN4O2. The van der Waals surface area contributed by atoms with Gasteiger partial charge in [-0.05, 0) is 49.2 Å². The molecular weight excluding hydrogens is 407 g/mol. The van der Waals surface area contributed by atoms with Crippen LogP contribution < -0.4 is 10.2 Å². The second-order valence-corrected chi connectivity index (χ2v) is 8.01. The summed E-state index contributed by atoms with van der Waals surface area (Å²) in [6.45, 7) is 3.69. The minimum atomic E-state index is -0.505. The number of urea groups is 1. The number of hydrogen-bond donors (Lipinski definition) is 1. The first-order valence-corrected chi connectivity index (χ1v) is 10.5. The summed E-state index contributed by atoms with van der Waals surface area (Å²) in [5.74, 6) is -0.785. The summed E-state index contributed by atoms with van der Waals surface area (Å²) in [6.07, 6.45) is 1.94. The minimum absolute atomic E-state index is 0.179. The van der Waals surface area contributed by atoms with E-state index in [-0.39, 0.29) is 17.5 Å². The Bertz CT molecular complexity index is 940. The van der Waals surface area contributed by atoms with Gasteiger partial charge in [-0.25, -0.2) is 9.18 Å². The van der Waals surface area contributed by atoms with Gasteiger partial charge in [-0.1, -0.05) is 17.7 Å². The van der Waals surface area contributed by atoms with Crippen LogP contribution in [0.1, 0.15) is 23.2 Å². The molecule has 158 valence electrons. The van der Waals surface area contributed by atoms with Gasteiger partial charge < -0.3 is 20.0 Å². The van der Waals surface area contributed by atoms with E-state index in [1.807, 2.05) is 24.3 Å². The number of rotatable bonds is 3. The summed E-state index contributed by atoms with van der Waals surface area (Å²) in [5.41, 5.74) is 1.54. The van der Waals surface area contributed by atoms with Gasteiger partial charge in [0.2, 0.25) is 0 Å². The first-order valence-electron chi connectivity index (χ1n) is 10.2. The molecule has 2 aromatic rings. The number of piperazine rings is 1. The maximum atomic E-state index is 13.9. The van der Waals surface area contributed by atoms with E-state index in [1.165, 1.54) is 18.2 Å². The van der Waals surface area contributed by atoms with Crippen LogP contribution in [0.2, 0.25) is 5.02 Å². The van der Waals surface area contributed by atoms with E-state index in [9.17, 15) is 14.0 Å². The molecule has 30 heavy (non-hydrogen) atoms. The molecule has 0 aromatic heterocycles. The summed E-state index contributed by atoms with van der Waals surface area (Å²) < 4.78 is 13.9. The molecule has 0 unspecified atom stereocenters. The summed E-state index contributed by atoms with van der Waals surface area (Å²) in [4.78, 5) is 31.2. The van der Waals surface area contributed by atoms with Crippen LogP contribution in [0.4, 0.5) is 20.6 Å². The fraction of sp³-hybridized carbons (Fsp3) is 0.364. The Hall–Kier alpha value is -2.80. The third-order valence-corrected chi connectivity index (χ3v) is 5.82. The first kappa shape index (κ1) is 20.5. The molecule has 0 atom stereocenters. The highest BCUT2D eigenvalue weighted by Crippen LogP contribution is 2.24. The Morgan fingerprint density at radius 2 is 1.63 bits per heavy atom. The van der Waals surface area contributed by atoms with Crippen molar-refractivity contribution in [2.45, 2.75) is 12.8 Å². The number of nitrogens with zero attached hydrogens (tertiary/aromatic N) is 3. The highest BCUT2D eigenvalue weighted by molar-refractivity contribution is 6.30. The second kappa shape index (κ2) is 8.92. The lowest BCUT2D eigenvalue weighted by atomic mass is 10.1. The Balaban J connectivity index is 1.45. The smallest absolute Gasteiger partial charge is 0.321 e. The summed E-state index contributed by atoms with van der Waals surface area (Å²) in [6, 6.07) is 11.3. The van der Waals surface area contributed by atoms with Crippen molar-refractivity contribution in [1.82, 2.24) is 9.80 Å². The largest absolute Gasteiger partial charge is 0.368 e. The third kappa shape index (κ3) is 4.51. The van der Waals surface area contributed by atoms with Crippen LogP contribution in [0.5, 0.6) is 0 Å². The van der Waals surface area contributed by atoms with Gasteiger partial charge in [0.05, 0.1) is 11.3 Å². The lowest BCUT2D eigenvalue weighted by Crippen LogP contribution is -2.49. The molecule has 2 fully saturated rings. The number of likely N-dealkylation sites (tertiary alicyclic amines) is 1. The molecule has 8 heteroatoms. The van der Waals surface area contributed by atoms with Crippen molar-refractivity contribution in [3.05, 3.63) is 58.9 Å². The molecule has 1 N–H and O–H groups in total. The van der Waals surface area contributed by atoms with E-state index in [2.05, 4.69) is 10.2 Å². The van der Waals surface area contributed by atoms with Gasteiger partial charge >= 0.3 is 6.03 Å². The lowest BCUT2D eigenvalue weighted by Gasteiger charge is -2.36. The van der Waals surface area contributed by atoms with Crippen molar-refractivity contribution >= 4 is 34.9 Å². The summed E-state index contributed by atoms with van der Waals surface area (Å²) in [7, 11) is 0. The van der Waals surface area contributed by atoms with E-state index in [4.69, 9.17) is 11.6 Å². The van der Waals surface area contributed by atoms with Crippen molar-refractivity contribution in [2.75, 3.05) is 49.5 Å². The zero-order valence-corrected chi connectivity index (χ0v) is 17.4. The fourth-order valence-corrected chi connectivity index (χ4v) is 4.11. The van der Waals surface area contributed by atoms with Gasteiger partial charge in [-0.3, -0.25) is 4.79 Å². The fourth-order valence-electron chi connectivity index (χ4n) is 3.93. The van der Waals surface area contributed by atoms with Crippen molar-refractivity contribution < 1.29 is 14.0 Å². The predicted octanol–water partition coefficient (Wildman–Crippen LogP) is 4.07. The summed E-state index contributed by atoms with van der Waals surface area (Å²) >= 11 is 6.08. The van der Waals surface area contributed by atoms with Gasteiger partial charge in [0.25, 0.3) is 5.91 Å². The number of amides is 3. The van der Waals surface area contributed by atoms with Crippen molar-refractivity contribution in [3.63, 3.8) is 0 Å². The maximum Gasteiger partial charge on any atom is 0.321 e. The molecule has 2 aliphatic rings. The number of anilines is 2. The topological polar surface area (TPSA) is 55.9 Å². The SMILES string of the molecule is O=C(Nc1ccc(F)cc1C(=O)N1CCN(c2cccc(Cl)c2)CC1)N1CCCC1. The predicted molar refractivity (Wildman–Crippen MR) is 116 cm³/mol. The average molecular weight is 431 g/mol. The highest BCUT2D eigenvalue weighted by atomic mass is 35.5. The quantitative estimate of drug-likeness (QED) is 0.798. The van der Waals surface area contributed by atoms with Gasteiger partial charge in [0.15, 0.2) is 0 Å². The zero-order valence-electron chi connectivity index (χ0n) is 16.6. The van der Waals surface area contributed by atoms with Crippen LogP contribution in [0.15, 0.2) is 42.5 Å². The van der Waals surface area contributed by atoms with E-state index >= 15 is 0 Å². The average Bonchev–Trinajstić information content (AvgIpc) is 3.30. The standard InChI is InChI=1S/C22H24ClFN4O2/c23-16-4-3-5-18(14-16)26-10-12-27(13-11-26)21(29)19-15-17(24)6-7-20(19)25-22(30)28-8-1-2-9-28/h3-7,14-15H,1-2,8-13H2,(H,25,30). The van der Waals surface area contributed by atoms with E-state index in [1.54, 1.807) is 9.80 Å². The number of carbonyl (C=O) groups is 2. The van der Waals surface area contributed by atoms with Gasteiger partial charge in [0.1, 0.15) is 5.82 Å². The Morgan fingerprint density at radius 1 is 0.900 bits per heavy atom. The second-order valence-electron chi connectivity index (χ2n) is 7.57. The van der Waals surface area contributed by atoms with Crippen molar-refractivity contribution in [3.8, 4) is 0 Å². The van der Waals surface area contributed by atoms with E-state index in [0.717, 1.165) is 18.5 Å². The zero-order chi connectivity index (χ0) is 21.1. The third-order valence-electron chi connectivity index (χ3n) is 5.59. The lowest BCUT2D eigenvalue weighted by molar-refractivity contribution is 0.0747. The number of nitrogens with one attached hydrogen (secondary N) is 1. The van der Waals surface area contributed by atoms with Crippen molar-refractivity contribution in [2.24, 2.45) is 0 Å². The van der Waals surface area contributed by atoms with Crippen LogP contribution >= 0.6 is 11.6 Å². The number of carbonyl (C=O) groups excluding carboxylic acids is 2. The monoisotopic (exact) mass is 430 g/mol. The normalized spacial score (nSPS) is 16.7. The van der Waals surface area contributed by atoms with E-state index in [0.29, 0.717) is 50.0 Å². The van der Waals surface area contributed by atoms with Gasteiger partial charge in [0, 0.05) is 50.0 Å². The molecule has 0 saturated carbocycles. The van der Waals surface area contributed by atoms with Crippen LogP contribution in [0, 0.1) is 5.82 Å². The van der Waals surface area contributed by atoms with Crippen LogP contribution in [-0.2, 0) is 0 Å². The summed E-state index contributed by atoms with van der Waals surface area (Å²) in [5, 5.41) is 3.46. The van der Waals surface area contributed by atoms with Crippen LogP contribution in [0.25, 0.3) is 0 Å². The van der Waals surface area contributed by atoms with Crippen LogP contribution in [0.3, 0.4) is 0 Å². The Labute approximate surface area is 180 Å². The molecule has 2 aromatic carbocycles. The van der Waals surface area contributed by atoms with Crippen molar-refractivity contribution in [1.29, 1.82) is 0 Å². The molecule has 4 rings (SSSR count). The van der Waals surface area contributed by atoms with Crippen LogP contribution in [-0.4, -0.2) is 61.0 Å². The van der Waals surface area contributed by atoms with Gasteiger partial charge in [-0.15, -0.1) is 0 Å². The molecule has 0 bridgehead atoms.